The van der Waals surface area contributed by atoms with Crippen LogP contribution in [0.5, 0.6) is 0 Å². The van der Waals surface area contributed by atoms with E-state index in [-0.39, 0.29) is 11.9 Å². The van der Waals surface area contributed by atoms with Gasteiger partial charge in [0.1, 0.15) is 11.5 Å². The molecular formula is C23H27N9O. The van der Waals surface area contributed by atoms with Crippen LogP contribution < -0.4 is 5.32 Å². The summed E-state index contributed by atoms with van der Waals surface area (Å²) in [6, 6.07) is 5.88. The minimum Gasteiger partial charge on any atom is -0.341 e. The summed E-state index contributed by atoms with van der Waals surface area (Å²) in [5, 5.41) is 11.8. The van der Waals surface area contributed by atoms with Gasteiger partial charge in [-0.15, -0.1) is 0 Å². The summed E-state index contributed by atoms with van der Waals surface area (Å²) in [5.74, 6) is 1.29. The van der Waals surface area contributed by atoms with Crippen LogP contribution in [0.15, 0.2) is 36.8 Å². The zero-order valence-electron chi connectivity index (χ0n) is 19.4. The number of carbonyl (C=O) groups is 1. The first-order chi connectivity index (χ1) is 15.8. The van der Waals surface area contributed by atoms with Gasteiger partial charge in [-0.3, -0.25) is 14.2 Å². The Morgan fingerprint density at radius 3 is 2.70 bits per heavy atom. The molecule has 4 aromatic rings. The van der Waals surface area contributed by atoms with Gasteiger partial charge in [0.05, 0.1) is 29.8 Å². The van der Waals surface area contributed by atoms with Gasteiger partial charge in [-0.25, -0.2) is 9.97 Å². The molecule has 0 saturated heterocycles. The van der Waals surface area contributed by atoms with E-state index in [4.69, 9.17) is 4.98 Å². The number of nitrogens with one attached hydrogen (secondary N) is 1. The molecule has 4 aromatic heterocycles. The second-order valence-corrected chi connectivity index (χ2v) is 8.64. The van der Waals surface area contributed by atoms with E-state index >= 15 is 0 Å². The molecule has 0 aliphatic carbocycles. The molecule has 1 atom stereocenters. The molecule has 170 valence electrons. The maximum Gasteiger partial charge on any atom is 0.271 e. The number of nitrogens with zero attached hydrogens (tertiary/aromatic N) is 8. The fourth-order valence-corrected chi connectivity index (χ4v) is 4.32. The fraction of sp³-hybridized carbons (Fsp3) is 0.348. The fourth-order valence-electron chi connectivity index (χ4n) is 4.32. The highest BCUT2D eigenvalue weighted by Crippen LogP contribution is 2.29. The lowest BCUT2D eigenvalue weighted by Gasteiger charge is -2.34. The first-order valence-electron chi connectivity index (χ1n) is 10.9. The SMILES string of the molecule is Cc1cc(CN2C(=O)c3cc(-c4nc(Nc5ccnn5C)ncc4C)cn3C[C@@H]2C)n(C)n1. The molecule has 0 spiro atoms. The molecule has 1 amide bonds. The number of aryl methyl sites for hydroxylation is 4. The molecule has 0 radical (unpaired) electrons. The first-order valence-corrected chi connectivity index (χ1v) is 10.9. The van der Waals surface area contributed by atoms with E-state index in [1.807, 2.05) is 66.5 Å². The van der Waals surface area contributed by atoms with Crippen molar-refractivity contribution in [1.82, 2.24) is 39.0 Å². The van der Waals surface area contributed by atoms with Gasteiger partial charge in [0.15, 0.2) is 0 Å². The van der Waals surface area contributed by atoms with Crippen molar-refractivity contribution in [1.29, 1.82) is 0 Å². The van der Waals surface area contributed by atoms with Crippen LogP contribution in [0.4, 0.5) is 11.8 Å². The van der Waals surface area contributed by atoms with Gasteiger partial charge in [0, 0.05) is 50.7 Å². The van der Waals surface area contributed by atoms with Crippen LogP contribution >= 0.6 is 0 Å². The number of amides is 1. The monoisotopic (exact) mass is 445 g/mol. The predicted molar refractivity (Wildman–Crippen MR) is 124 cm³/mol. The molecule has 0 aromatic carbocycles. The molecule has 10 heteroatoms. The van der Waals surface area contributed by atoms with Crippen molar-refractivity contribution < 1.29 is 4.79 Å². The Morgan fingerprint density at radius 1 is 1.18 bits per heavy atom. The number of hydrogen-bond acceptors (Lipinski definition) is 6. The lowest BCUT2D eigenvalue weighted by molar-refractivity contribution is 0.0590. The van der Waals surface area contributed by atoms with E-state index in [1.54, 1.807) is 17.1 Å². The molecule has 33 heavy (non-hydrogen) atoms. The highest BCUT2D eigenvalue weighted by atomic mass is 16.2. The number of anilines is 2. The van der Waals surface area contributed by atoms with E-state index in [0.29, 0.717) is 18.2 Å². The van der Waals surface area contributed by atoms with Crippen LogP contribution in [0.2, 0.25) is 0 Å². The second-order valence-electron chi connectivity index (χ2n) is 8.64. The van der Waals surface area contributed by atoms with Crippen LogP contribution in [-0.2, 0) is 27.2 Å². The molecule has 0 saturated carbocycles. The molecular weight excluding hydrogens is 418 g/mol. The number of carbonyl (C=O) groups excluding carboxylic acids is 1. The third-order valence-electron chi connectivity index (χ3n) is 6.11. The molecule has 1 aliphatic rings. The van der Waals surface area contributed by atoms with Crippen LogP contribution in [-0.4, -0.2) is 50.9 Å². The number of fused-ring (bicyclic) bond motifs is 1. The largest absolute Gasteiger partial charge is 0.341 e. The average molecular weight is 446 g/mol. The van der Waals surface area contributed by atoms with Gasteiger partial charge < -0.3 is 14.8 Å². The third-order valence-corrected chi connectivity index (χ3v) is 6.11. The van der Waals surface area contributed by atoms with Gasteiger partial charge in [0.25, 0.3) is 5.91 Å². The van der Waals surface area contributed by atoms with Crippen molar-refractivity contribution >= 4 is 17.7 Å². The normalized spacial score (nSPS) is 15.7. The number of aromatic nitrogens is 7. The second kappa shape index (κ2) is 7.88. The minimum atomic E-state index is 0.0128. The van der Waals surface area contributed by atoms with Crippen molar-refractivity contribution in [3.63, 3.8) is 0 Å². The molecule has 0 fully saturated rings. The summed E-state index contributed by atoms with van der Waals surface area (Å²) >= 11 is 0. The Kier molecular flexibility index (Phi) is 4.99. The maximum atomic E-state index is 13.4. The number of hydrogen-bond donors (Lipinski definition) is 1. The van der Waals surface area contributed by atoms with E-state index in [2.05, 4.69) is 27.4 Å². The van der Waals surface area contributed by atoms with Crippen LogP contribution in [0.25, 0.3) is 11.3 Å². The van der Waals surface area contributed by atoms with Gasteiger partial charge in [-0.05, 0) is 38.5 Å². The van der Waals surface area contributed by atoms with Gasteiger partial charge in [-0.1, -0.05) is 0 Å². The molecule has 0 unspecified atom stereocenters. The van der Waals surface area contributed by atoms with E-state index in [0.717, 1.165) is 40.6 Å². The highest BCUT2D eigenvalue weighted by Gasteiger charge is 2.31. The zero-order chi connectivity index (χ0) is 23.3. The first kappa shape index (κ1) is 20.9. The van der Waals surface area contributed by atoms with Crippen molar-refractivity contribution in [3.8, 4) is 11.3 Å². The summed E-state index contributed by atoms with van der Waals surface area (Å²) in [5.41, 5.74) is 5.27. The lowest BCUT2D eigenvalue weighted by Crippen LogP contribution is -2.45. The van der Waals surface area contributed by atoms with Crippen LogP contribution in [0.3, 0.4) is 0 Å². The Labute approximate surface area is 191 Å². The predicted octanol–water partition coefficient (Wildman–Crippen LogP) is 2.82. The van der Waals surface area contributed by atoms with Crippen molar-refractivity contribution in [3.05, 3.63) is 59.4 Å². The smallest absolute Gasteiger partial charge is 0.271 e. The molecule has 10 nitrogen and oxygen atoms in total. The Balaban J connectivity index is 1.45. The van der Waals surface area contributed by atoms with Crippen LogP contribution in [0.1, 0.15) is 34.4 Å². The molecule has 5 heterocycles. The third kappa shape index (κ3) is 3.77. The van der Waals surface area contributed by atoms with Crippen LogP contribution in [0, 0.1) is 13.8 Å². The minimum absolute atomic E-state index is 0.0128. The lowest BCUT2D eigenvalue weighted by atomic mass is 10.1. The molecule has 1 aliphatic heterocycles. The quantitative estimate of drug-likeness (QED) is 0.507. The highest BCUT2D eigenvalue weighted by molar-refractivity contribution is 5.95. The average Bonchev–Trinajstić information content (AvgIpc) is 3.45. The molecule has 0 bridgehead atoms. The standard InChI is InChI=1S/C23H27N9O/c1-14-10-24-23(26-20-6-7-25-30(20)5)27-21(14)17-9-19-22(33)32(16(3)11-31(19)12-17)13-18-8-15(2)28-29(18)4/h6-10,12,16H,11,13H2,1-5H3,(H,24,26,27)/t16-/m0/s1. The van der Waals surface area contributed by atoms with Gasteiger partial charge in [0.2, 0.25) is 5.95 Å². The molecule has 5 rings (SSSR count). The summed E-state index contributed by atoms with van der Waals surface area (Å²) in [6.07, 6.45) is 5.52. The van der Waals surface area contributed by atoms with Crippen molar-refractivity contribution in [2.75, 3.05) is 5.32 Å². The summed E-state index contributed by atoms with van der Waals surface area (Å²) in [7, 11) is 3.77. The van der Waals surface area contributed by atoms with E-state index in [1.165, 1.54) is 0 Å². The van der Waals surface area contributed by atoms with E-state index in [9.17, 15) is 4.79 Å². The van der Waals surface area contributed by atoms with Crippen molar-refractivity contribution in [2.24, 2.45) is 14.1 Å². The van der Waals surface area contributed by atoms with E-state index < -0.39 is 0 Å². The topological polar surface area (TPSA) is 98.7 Å². The zero-order valence-corrected chi connectivity index (χ0v) is 19.4. The van der Waals surface area contributed by atoms with Crippen molar-refractivity contribution in [2.45, 2.75) is 39.9 Å². The summed E-state index contributed by atoms with van der Waals surface area (Å²) in [6.45, 7) is 7.27. The Bertz CT molecular complexity index is 1350. The number of rotatable bonds is 5. The maximum absolute atomic E-state index is 13.4. The van der Waals surface area contributed by atoms with Gasteiger partial charge >= 0.3 is 0 Å². The molecule has 1 N–H and O–H groups in total. The summed E-state index contributed by atoms with van der Waals surface area (Å²) in [4.78, 5) is 24.5. The summed E-state index contributed by atoms with van der Waals surface area (Å²) < 4.78 is 5.59. The Morgan fingerprint density at radius 2 is 2.00 bits per heavy atom. The van der Waals surface area contributed by atoms with Gasteiger partial charge in [-0.2, -0.15) is 10.2 Å². The Hall–Kier alpha value is -3.95.